The van der Waals surface area contributed by atoms with Crippen LogP contribution < -0.4 is 0 Å². The van der Waals surface area contributed by atoms with E-state index in [4.69, 9.17) is 0 Å². The average Bonchev–Trinajstić information content (AvgIpc) is 3.37. The Morgan fingerprint density at radius 2 is 1.58 bits per heavy atom. The Hall–Kier alpha value is -3.26. The number of aromatic nitrogens is 7. The number of imidazole rings is 3. The maximum absolute atomic E-state index is 4.67. The van der Waals surface area contributed by atoms with Crippen molar-refractivity contribution in [2.24, 2.45) is 0 Å². The van der Waals surface area contributed by atoms with Crippen LogP contribution in [0.5, 0.6) is 0 Å². The van der Waals surface area contributed by atoms with Gasteiger partial charge in [-0.3, -0.25) is 0 Å². The minimum Gasteiger partial charge on any atom is -0.345 e. The number of hydrogen-bond donors (Lipinski definition) is 2. The first-order chi connectivity index (χ1) is 11.9. The highest BCUT2D eigenvalue weighted by Crippen LogP contribution is 2.27. The topological polar surface area (TPSA) is 87.5 Å². The van der Waals surface area contributed by atoms with Crippen LogP contribution in [0.1, 0.15) is 0 Å². The minimum absolute atomic E-state index is 0.854. The lowest BCUT2D eigenvalue weighted by Gasteiger charge is -1.99. The molecule has 5 aromatic rings. The molecule has 0 radical (unpaired) electrons. The summed E-state index contributed by atoms with van der Waals surface area (Å²) in [7, 11) is 0. The molecule has 8 heteroatoms. The molecule has 1 aromatic carbocycles. The molecule has 0 spiro atoms. The van der Waals surface area contributed by atoms with Gasteiger partial charge in [-0.15, -0.1) is 0 Å². The first-order valence-corrected chi connectivity index (χ1v) is 8.12. The Bertz CT molecular complexity index is 1050. The predicted molar refractivity (Wildman–Crippen MR) is 91.5 cm³/mol. The van der Waals surface area contributed by atoms with E-state index in [1.165, 1.54) is 11.3 Å². The lowest BCUT2D eigenvalue weighted by atomic mass is 10.1. The van der Waals surface area contributed by atoms with Crippen LogP contribution in [0.3, 0.4) is 0 Å². The summed E-state index contributed by atoms with van der Waals surface area (Å²) in [5.41, 5.74) is 4.95. The molecule has 116 valence electrons. The molecule has 0 saturated heterocycles. The van der Waals surface area contributed by atoms with Gasteiger partial charge >= 0.3 is 0 Å². The molecule has 2 N–H and O–H groups in total. The van der Waals surface area contributed by atoms with Crippen molar-refractivity contribution in [3.8, 4) is 33.2 Å². The first kappa shape index (κ1) is 13.2. The van der Waals surface area contributed by atoms with E-state index >= 15 is 0 Å². The molecule has 0 aliphatic rings. The van der Waals surface area contributed by atoms with Crippen LogP contribution in [0.25, 0.3) is 38.2 Å². The molecule has 0 bridgehead atoms. The third kappa shape index (κ3) is 2.12. The second-order valence-electron chi connectivity index (χ2n) is 5.27. The van der Waals surface area contributed by atoms with E-state index in [1.807, 2.05) is 12.4 Å². The van der Waals surface area contributed by atoms with E-state index in [9.17, 15) is 0 Å². The molecule has 0 unspecified atom stereocenters. The summed E-state index contributed by atoms with van der Waals surface area (Å²) in [6, 6.07) is 8.22. The van der Waals surface area contributed by atoms with Crippen molar-refractivity contribution < 1.29 is 0 Å². The van der Waals surface area contributed by atoms with Crippen molar-refractivity contribution in [3.63, 3.8) is 0 Å². The maximum Gasteiger partial charge on any atom is 0.213 e. The normalized spacial score (nSPS) is 11.3. The standard InChI is InChI=1S/C16H11N7S/c1-3-11(4-2-10(1)12-5-17-8-19-12)14-7-23-16(21-14)24-15(22-23)13-6-18-9-20-13/h1-9H,(H,17,19)(H,18,20). The molecule has 0 aliphatic carbocycles. The van der Waals surface area contributed by atoms with Crippen LogP contribution in [0.2, 0.25) is 0 Å². The van der Waals surface area contributed by atoms with Crippen LogP contribution in [0, 0.1) is 0 Å². The summed E-state index contributed by atoms with van der Waals surface area (Å²) in [4.78, 5) is 19.8. The van der Waals surface area contributed by atoms with Crippen molar-refractivity contribution in [2.75, 3.05) is 0 Å². The van der Waals surface area contributed by atoms with Gasteiger partial charge < -0.3 is 9.97 Å². The third-order valence-corrected chi connectivity index (χ3v) is 4.72. The number of hydrogen-bond acceptors (Lipinski definition) is 5. The van der Waals surface area contributed by atoms with E-state index in [2.05, 4.69) is 54.3 Å². The van der Waals surface area contributed by atoms with Gasteiger partial charge in [0, 0.05) is 5.56 Å². The number of benzene rings is 1. The van der Waals surface area contributed by atoms with Gasteiger partial charge in [-0.2, -0.15) is 5.10 Å². The van der Waals surface area contributed by atoms with Gasteiger partial charge in [0.1, 0.15) is 0 Å². The van der Waals surface area contributed by atoms with Gasteiger partial charge in [0.25, 0.3) is 0 Å². The molecule has 0 fully saturated rings. The molecule has 24 heavy (non-hydrogen) atoms. The van der Waals surface area contributed by atoms with Crippen molar-refractivity contribution >= 4 is 16.3 Å². The lowest BCUT2D eigenvalue weighted by molar-refractivity contribution is 0.976. The van der Waals surface area contributed by atoms with E-state index in [0.717, 1.165) is 38.2 Å². The Morgan fingerprint density at radius 1 is 0.875 bits per heavy atom. The highest BCUT2D eigenvalue weighted by Gasteiger charge is 2.12. The molecule has 0 amide bonds. The molecule has 4 aromatic heterocycles. The van der Waals surface area contributed by atoms with Crippen LogP contribution in [-0.4, -0.2) is 34.5 Å². The number of nitrogens with zero attached hydrogens (tertiary/aromatic N) is 5. The van der Waals surface area contributed by atoms with Gasteiger partial charge in [0.2, 0.25) is 4.96 Å². The quantitative estimate of drug-likeness (QED) is 0.530. The largest absolute Gasteiger partial charge is 0.345 e. The highest BCUT2D eigenvalue weighted by atomic mass is 32.1. The van der Waals surface area contributed by atoms with E-state index < -0.39 is 0 Å². The molecule has 5 rings (SSSR count). The molecule has 4 heterocycles. The fourth-order valence-electron chi connectivity index (χ4n) is 2.56. The smallest absolute Gasteiger partial charge is 0.213 e. The summed E-state index contributed by atoms with van der Waals surface area (Å²) in [6.45, 7) is 0. The van der Waals surface area contributed by atoms with Gasteiger partial charge in [0.05, 0.1) is 48.3 Å². The van der Waals surface area contributed by atoms with Crippen molar-refractivity contribution in [1.82, 2.24) is 34.5 Å². The number of H-pyrrole nitrogens is 2. The Balaban J connectivity index is 1.49. The number of nitrogens with one attached hydrogen (secondary N) is 2. The zero-order chi connectivity index (χ0) is 15.9. The van der Waals surface area contributed by atoms with E-state index in [1.54, 1.807) is 23.4 Å². The van der Waals surface area contributed by atoms with Gasteiger partial charge in [0.15, 0.2) is 5.01 Å². The minimum atomic E-state index is 0.854. The molecular formula is C16H11N7S. The molecule has 7 nitrogen and oxygen atoms in total. The van der Waals surface area contributed by atoms with Crippen LogP contribution in [0.15, 0.2) is 55.5 Å². The lowest BCUT2D eigenvalue weighted by Crippen LogP contribution is -1.83. The second kappa shape index (κ2) is 5.14. The zero-order valence-electron chi connectivity index (χ0n) is 12.3. The Kier molecular flexibility index (Phi) is 2.83. The SMILES string of the molecule is c1ncc(-c2ccc(-c3cn4nc(-c5cnc[nH]5)sc4n3)cc2)[nH]1. The van der Waals surface area contributed by atoms with Crippen LogP contribution in [0.4, 0.5) is 0 Å². The average molecular weight is 333 g/mol. The predicted octanol–water partition coefficient (Wildman–Crippen LogP) is 3.24. The van der Waals surface area contributed by atoms with Crippen molar-refractivity contribution in [2.45, 2.75) is 0 Å². The van der Waals surface area contributed by atoms with Gasteiger partial charge in [-0.1, -0.05) is 35.6 Å². The Morgan fingerprint density at radius 3 is 2.25 bits per heavy atom. The van der Waals surface area contributed by atoms with Crippen molar-refractivity contribution in [1.29, 1.82) is 0 Å². The fraction of sp³-hybridized carbons (Fsp3) is 0. The molecule has 0 saturated carbocycles. The summed E-state index contributed by atoms with van der Waals surface area (Å²) in [5, 5.41) is 5.42. The van der Waals surface area contributed by atoms with E-state index in [0.29, 0.717) is 0 Å². The number of aromatic amines is 2. The third-order valence-electron chi connectivity index (χ3n) is 3.76. The monoisotopic (exact) mass is 333 g/mol. The zero-order valence-corrected chi connectivity index (χ0v) is 13.2. The molecule has 0 aliphatic heterocycles. The van der Waals surface area contributed by atoms with E-state index in [-0.39, 0.29) is 0 Å². The second-order valence-corrected chi connectivity index (χ2v) is 6.22. The summed E-state index contributed by atoms with van der Waals surface area (Å²) >= 11 is 1.53. The molecular weight excluding hydrogens is 322 g/mol. The molecule has 0 atom stereocenters. The first-order valence-electron chi connectivity index (χ1n) is 7.31. The Labute approximate surface area is 140 Å². The maximum atomic E-state index is 4.67. The summed E-state index contributed by atoms with van der Waals surface area (Å²) < 4.78 is 1.80. The number of rotatable bonds is 3. The summed E-state index contributed by atoms with van der Waals surface area (Å²) in [6.07, 6.45) is 8.83. The fourth-order valence-corrected chi connectivity index (χ4v) is 3.41. The van der Waals surface area contributed by atoms with Crippen LogP contribution in [-0.2, 0) is 0 Å². The van der Waals surface area contributed by atoms with Gasteiger partial charge in [-0.05, 0) is 5.56 Å². The van der Waals surface area contributed by atoms with Crippen LogP contribution >= 0.6 is 11.3 Å². The van der Waals surface area contributed by atoms with Gasteiger partial charge in [-0.25, -0.2) is 19.5 Å². The van der Waals surface area contributed by atoms with Crippen molar-refractivity contribution in [3.05, 3.63) is 55.5 Å². The number of fused-ring (bicyclic) bond motifs is 1. The summed E-state index contributed by atoms with van der Waals surface area (Å²) in [5.74, 6) is 0. The highest BCUT2D eigenvalue weighted by molar-refractivity contribution is 7.19.